The number of benzene rings is 1. The molecule has 0 fully saturated rings. The van der Waals surface area contributed by atoms with Gasteiger partial charge in [-0.1, -0.05) is 36.8 Å². The van der Waals surface area contributed by atoms with Crippen LogP contribution in [0.25, 0.3) is 0 Å². The van der Waals surface area contributed by atoms with Crippen LogP contribution in [-0.4, -0.2) is 24.1 Å². The SMILES string of the molecule is CCOC(=O)C1C(=O)C=C(SCC)CC1c1ccc(C)cc1. The molecule has 118 valence electrons. The van der Waals surface area contributed by atoms with Crippen molar-refractivity contribution >= 4 is 23.5 Å². The summed E-state index contributed by atoms with van der Waals surface area (Å²) in [7, 11) is 0. The molecule has 1 aromatic rings. The first-order valence-electron chi connectivity index (χ1n) is 7.67. The second kappa shape index (κ2) is 7.63. The molecule has 3 nitrogen and oxygen atoms in total. The quantitative estimate of drug-likeness (QED) is 0.610. The molecule has 0 saturated heterocycles. The molecule has 0 heterocycles. The van der Waals surface area contributed by atoms with E-state index in [4.69, 9.17) is 4.74 Å². The number of esters is 1. The number of hydrogen-bond acceptors (Lipinski definition) is 4. The fourth-order valence-electron chi connectivity index (χ4n) is 2.76. The van der Waals surface area contributed by atoms with E-state index >= 15 is 0 Å². The third-order valence-corrected chi connectivity index (χ3v) is 4.75. The first kappa shape index (κ1) is 16.8. The second-order valence-corrected chi connectivity index (χ2v) is 6.79. The van der Waals surface area contributed by atoms with Crippen LogP contribution in [0.3, 0.4) is 0 Å². The third-order valence-electron chi connectivity index (χ3n) is 3.81. The summed E-state index contributed by atoms with van der Waals surface area (Å²) in [4.78, 5) is 25.8. The van der Waals surface area contributed by atoms with E-state index in [0.717, 1.165) is 28.2 Å². The van der Waals surface area contributed by atoms with Crippen LogP contribution in [0.15, 0.2) is 35.2 Å². The maximum atomic E-state index is 12.5. The molecule has 0 radical (unpaired) electrons. The monoisotopic (exact) mass is 318 g/mol. The predicted molar refractivity (Wildman–Crippen MR) is 89.9 cm³/mol. The molecule has 0 aromatic heterocycles. The molecule has 4 heteroatoms. The van der Waals surface area contributed by atoms with Crippen LogP contribution in [-0.2, 0) is 14.3 Å². The molecule has 0 N–H and O–H groups in total. The lowest BCUT2D eigenvalue weighted by molar-refractivity contribution is -0.151. The lowest BCUT2D eigenvalue weighted by atomic mass is 9.77. The van der Waals surface area contributed by atoms with Crippen LogP contribution < -0.4 is 0 Å². The van der Waals surface area contributed by atoms with Crippen molar-refractivity contribution < 1.29 is 14.3 Å². The average molecular weight is 318 g/mol. The molecular formula is C18H22O3S. The van der Waals surface area contributed by atoms with Gasteiger partial charge in [-0.3, -0.25) is 9.59 Å². The minimum atomic E-state index is -0.719. The molecule has 0 saturated carbocycles. The highest BCUT2D eigenvalue weighted by molar-refractivity contribution is 8.03. The zero-order valence-corrected chi connectivity index (χ0v) is 14.1. The fourth-order valence-corrected chi connectivity index (χ4v) is 3.63. The lowest BCUT2D eigenvalue weighted by Gasteiger charge is -2.29. The van der Waals surface area contributed by atoms with Gasteiger partial charge in [-0.05, 0) is 42.6 Å². The Morgan fingerprint density at radius 1 is 1.27 bits per heavy atom. The third kappa shape index (κ3) is 3.80. The molecule has 2 unspecified atom stereocenters. The Bertz CT molecular complexity index is 574. The number of aryl methyl sites for hydroxylation is 1. The summed E-state index contributed by atoms with van der Waals surface area (Å²) in [6.07, 6.45) is 2.34. The van der Waals surface area contributed by atoms with Crippen LogP contribution in [0.2, 0.25) is 0 Å². The van der Waals surface area contributed by atoms with E-state index in [1.54, 1.807) is 24.8 Å². The topological polar surface area (TPSA) is 43.4 Å². The highest BCUT2D eigenvalue weighted by Gasteiger charge is 2.39. The second-order valence-electron chi connectivity index (χ2n) is 5.40. The number of ketones is 1. The van der Waals surface area contributed by atoms with Crippen LogP contribution in [0.1, 0.15) is 37.3 Å². The average Bonchev–Trinajstić information content (AvgIpc) is 2.48. The van der Waals surface area contributed by atoms with Gasteiger partial charge in [-0.25, -0.2) is 0 Å². The predicted octanol–water partition coefficient (Wildman–Crippen LogP) is 3.87. The van der Waals surface area contributed by atoms with Gasteiger partial charge in [-0.15, -0.1) is 11.8 Å². The van der Waals surface area contributed by atoms with E-state index in [9.17, 15) is 9.59 Å². The summed E-state index contributed by atoms with van der Waals surface area (Å²) < 4.78 is 5.13. The molecule has 1 aromatic carbocycles. The largest absolute Gasteiger partial charge is 0.465 e. The number of allylic oxidation sites excluding steroid dienone is 2. The van der Waals surface area contributed by atoms with Crippen molar-refractivity contribution in [2.24, 2.45) is 5.92 Å². The zero-order chi connectivity index (χ0) is 16.1. The molecule has 2 rings (SSSR count). The highest BCUT2D eigenvalue weighted by atomic mass is 32.2. The van der Waals surface area contributed by atoms with Crippen molar-refractivity contribution in [2.45, 2.75) is 33.1 Å². The fraction of sp³-hybridized carbons (Fsp3) is 0.444. The molecule has 0 aliphatic heterocycles. The van der Waals surface area contributed by atoms with Gasteiger partial charge in [0.2, 0.25) is 0 Å². The van der Waals surface area contributed by atoms with Crippen LogP contribution in [0.4, 0.5) is 0 Å². The van der Waals surface area contributed by atoms with Gasteiger partial charge >= 0.3 is 5.97 Å². The van der Waals surface area contributed by atoms with Crippen molar-refractivity contribution in [1.82, 2.24) is 0 Å². The van der Waals surface area contributed by atoms with Gasteiger partial charge in [0.15, 0.2) is 5.78 Å². The lowest BCUT2D eigenvalue weighted by Crippen LogP contribution is -2.33. The summed E-state index contributed by atoms with van der Waals surface area (Å²) in [5, 5.41) is 0. The smallest absolute Gasteiger partial charge is 0.317 e. The molecule has 0 bridgehead atoms. The first-order valence-corrected chi connectivity index (χ1v) is 8.65. The molecule has 2 atom stereocenters. The molecule has 1 aliphatic carbocycles. The Labute approximate surface area is 136 Å². The number of ether oxygens (including phenoxy) is 1. The maximum absolute atomic E-state index is 12.5. The number of carbonyl (C=O) groups excluding carboxylic acids is 2. The Morgan fingerprint density at radius 2 is 1.95 bits per heavy atom. The van der Waals surface area contributed by atoms with Crippen LogP contribution in [0, 0.1) is 12.8 Å². The van der Waals surface area contributed by atoms with Gasteiger partial charge in [0.1, 0.15) is 5.92 Å². The molecule has 0 amide bonds. The van der Waals surface area contributed by atoms with Crippen molar-refractivity contribution in [3.05, 3.63) is 46.4 Å². The van der Waals surface area contributed by atoms with Crippen molar-refractivity contribution in [2.75, 3.05) is 12.4 Å². The van der Waals surface area contributed by atoms with Crippen molar-refractivity contribution in [3.8, 4) is 0 Å². The van der Waals surface area contributed by atoms with E-state index < -0.39 is 11.9 Å². The Morgan fingerprint density at radius 3 is 2.55 bits per heavy atom. The first-order chi connectivity index (χ1) is 10.6. The minimum Gasteiger partial charge on any atom is -0.465 e. The number of hydrogen-bond donors (Lipinski definition) is 0. The van der Waals surface area contributed by atoms with Gasteiger partial charge < -0.3 is 4.74 Å². The van der Waals surface area contributed by atoms with Gasteiger partial charge in [0.25, 0.3) is 0 Å². The molecule has 22 heavy (non-hydrogen) atoms. The van der Waals surface area contributed by atoms with E-state index in [1.807, 2.05) is 31.2 Å². The molecular weight excluding hydrogens is 296 g/mol. The van der Waals surface area contributed by atoms with Crippen LogP contribution >= 0.6 is 11.8 Å². The van der Waals surface area contributed by atoms with Gasteiger partial charge in [-0.2, -0.15) is 0 Å². The van der Waals surface area contributed by atoms with Gasteiger partial charge in [0.05, 0.1) is 6.61 Å². The van der Waals surface area contributed by atoms with E-state index in [0.29, 0.717) is 6.61 Å². The maximum Gasteiger partial charge on any atom is 0.317 e. The zero-order valence-electron chi connectivity index (χ0n) is 13.3. The summed E-state index contributed by atoms with van der Waals surface area (Å²) in [6.45, 7) is 6.15. The standard InChI is InChI=1S/C18H22O3S/c1-4-21-18(20)17-15(13-8-6-12(3)7-9-13)10-14(22-5-2)11-16(17)19/h6-9,11,15,17H,4-5,10H2,1-3H3. The summed E-state index contributed by atoms with van der Waals surface area (Å²) >= 11 is 1.67. The normalized spacial score (nSPS) is 21.4. The Hall–Kier alpha value is -1.55. The van der Waals surface area contributed by atoms with Gasteiger partial charge in [0, 0.05) is 5.92 Å². The van der Waals surface area contributed by atoms with E-state index in [2.05, 4.69) is 6.92 Å². The van der Waals surface area contributed by atoms with Crippen molar-refractivity contribution in [3.63, 3.8) is 0 Å². The summed E-state index contributed by atoms with van der Waals surface area (Å²) in [5.74, 6) is -0.472. The van der Waals surface area contributed by atoms with E-state index in [-0.39, 0.29) is 11.7 Å². The Balaban J connectivity index is 2.36. The Kier molecular flexibility index (Phi) is 5.83. The number of rotatable bonds is 5. The van der Waals surface area contributed by atoms with E-state index in [1.165, 1.54) is 0 Å². The molecule has 0 spiro atoms. The minimum absolute atomic E-state index is 0.133. The van der Waals surface area contributed by atoms with Crippen LogP contribution in [0.5, 0.6) is 0 Å². The summed E-state index contributed by atoms with van der Waals surface area (Å²) in [6, 6.07) is 8.07. The summed E-state index contributed by atoms with van der Waals surface area (Å²) in [5.41, 5.74) is 2.19. The highest BCUT2D eigenvalue weighted by Crippen LogP contribution is 2.40. The van der Waals surface area contributed by atoms with Crippen molar-refractivity contribution in [1.29, 1.82) is 0 Å². The number of carbonyl (C=O) groups is 2. The number of thioether (sulfide) groups is 1. The molecule has 1 aliphatic rings.